The molecule has 0 saturated heterocycles. The van der Waals surface area contributed by atoms with Gasteiger partial charge in [0.2, 0.25) is 5.75 Å². The topological polar surface area (TPSA) is 143 Å². The number of nitrogens with two attached hydrogens (primary N) is 1. The lowest BCUT2D eigenvalue weighted by Gasteiger charge is -2.19. The maximum atomic E-state index is 13.2. The number of aryl methyl sites for hydroxylation is 1. The molecule has 0 aliphatic heterocycles. The van der Waals surface area contributed by atoms with Crippen molar-refractivity contribution in [2.24, 2.45) is 5.73 Å². The molecule has 0 saturated carbocycles. The molecule has 0 aliphatic rings. The van der Waals surface area contributed by atoms with E-state index in [-0.39, 0.29) is 39.4 Å². The van der Waals surface area contributed by atoms with Gasteiger partial charge in [0, 0.05) is 18.5 Å². The third-order valence-electron chi connectivity index (χ3n) is 4.77. The average Bonchev–Trinajstić information content (AvgIpc) is 3.41. The van der Waals surface area contributed by atoms with Crippen molar-refractivity contribution in [1.82, 2.24) is 5.16 Å². The molecule has 33 heavy (non-hydrogen) atoms. The second-order valence-electron chi connectivity index (χ2n) is 6.72. The number of ether oxygens (including phenoxy) is 3. The smallest absolute Gasteiger partial charge is 0.265 e. The normalized spacial score (nSPS) is 11.3. The molecule has 2 aromatic heterocycles. The molecule has 0 bridgehead atoms. The van der Waals surface area contributed by atoms with Crippen LogP contribution in [0.25, 0.3) is 0 Å². The molecule has 3 N–H and O–H groups in total. The summed E-state index contributed by atoms with van der Waals surface area (Å²) in [4.78, 5) is 13.1. The molecule has 1 aromatic carbocycles. The van der Waals surface area contributed by atoms with Gasteiger partial charge < -0.3 is 24.5 Å². The number of nitrogens with one attached hydrogen (secondary N) is 1. The Bertz CT molecular complexity index is 1290. The Morgan fingerprint density at radius 2 is 1.94 bits per heavy atom. The van der Waals surface area contributed by atoms with Gasteiger partial charge in [-0.25, -0.2) is 13.1 Å². The Kier molecular flexibility index (Phi) is 7.52. The van der Waals surface area contributed by atoms with Crippen molar-refractivity contribution in [3.8, 4) is 17.2 Å². The molecule has 3 aromatic rings. The Morgan fingerprint density at radius 3 is 2.48 bits per heavy atom. The molecule has 0 spiro atoms. The van der Waals surface area contributed by atoms with Crippen molar-refractivity contribution < 1.29 is 31.9 Å². The fourth-order valence-electron chi connectivity index (χ4n) is 3.19. The highest BCUT2D eigenvalue weighted by Crippen LogP contribution is 2.43. The van der Waals surface area contributed by atoms with E-state index in [2.05, 4.69) is 9.88 Å². The summed E-state index contributed by atoms with van der Waals surface area (Å²) in [5.41, 5.74) is 7.29. The lowest BCUT2D eigenvalue weighted by molar-refractivity contribution is 0.0992. The van der Waals surface area contributed by atoms with E-state index in [9.17, 15) is 13.2 Å². The first-order chi connectivity index (χ1) is 15.7. The minimum Gasteiger partial charge on any atom is -0.493 e. The first kappa shape index (κ1) is 24.8. The number of carbonyl (C=O) groups excluding carboxylic acids is 1. The number of methoxy groups -OCH3 is 3. The molecule has 0 unspecified atom stereocenters. The minimum atomic E-state index is -4.18. The summed E-state index contributed by atoms with van der Waals surface area (Å²) in [5, 5.41) is 5.15. The number of Topliss-reactive ketones (excluding diaryl/α,β-unsaturated/α-hetero) is 1. The van der Waals surface area contributed by atoms with E-state index < -0.39 is 15.8 Å². The van der Waals surface area contributed by atoms with Gasteiger partial charge in [0.05, 0.1) is 26.2 Å². The minimum absolute atomic E-state index is 0.0228. The zero-order valence-electron chi connectivity index (χ0n) is 18.2. The summed E-state index contributed by atoms with van der Waals surface area (Å²) in [5.74, 6) is 0.301. The van der Waals surface area contributed by atoms with E-state index in [0.717, 1.165) is 11.3 Å². The molecular formula is C20H22ClN3O7S2. The highest BCUT2D eigenvalue weighted by molar-refractivity contribution is 7.93. The fraction of sp³-hybridized carbons (Fsp3) is 0.300. The van der Waals surface area contributed by atoms with Crippen molar-refractivity contribution in [3.05, 3.63) is 44.2 Å². The van der Waals surface area contributed by atoms with Crippen LogP contribution in [0.5, 0.6) is 17.2 Å². The van der Waals surface area contributed by atoms with Crippen LogP contribution in [0.1, 0.15) is 26.5 Å². The number of aromatic nitrogens is 1. The van der Waals surface area contributed by atoms with Crippen LogP contribution in [-0.2, 0) is 23.0 Å². The van der Waals surface area contributed by atoms with Crippen LogP contribution in [0.2, 0.25) is 5.02 Å². The molecule has 0 atom stereocenters. The quantitative estimate of drug-likeness (QED) is 0.388. The van der Waals surface area contributed by atoms with E-state index in [1.807, 2.05) is 0 Å². The average molecular weight is 516 g/mol. The third kappa shape index (κ3) is 4.78. The second-order valence-corrected chi connectivity index (χ2v) is 9.66. The molecule has 0 amide bonds. The van der Waals surface area contributed by atoms with Gasteiger partial charge in [-0.2, -0.15) is 0 Å². The summed E-state index contributed by atoms with van der Waals surface area (Å²) in [6, 6.07) is 2.99. The van der Waals surface area contributed by atoms with Crippen LogP contribution in [0.4, 0.5) is 5.88 Å². The van der Waals surface area contributed by atoms with Crippen LogP contribution in [0.3, 0.4) is 0 Å². The largest absolute Gasteiger partial charge is 0.493 e. The summed E-state index contributed by atoms with van der Waals surface area (Å²) in [7, 11) is 0.166. The molecule has 178 valence electrons. The Labute approximate surface area is 199 Å². The molecular weight excluding hydrogens is 494 g/mol. The molecule has 2 heterocycles. The van der Waals surface area contributed by atoms with E-state index >= 15 is 0 Å². The van der Waals surface area contributed by atoms with Crippen molar-refractivity contribution in [1.29, 1.82) is 0 Å². The van der Waals surface area contributed by atoms with Crippen LogP contribution < -0.4 is 24.7 Å². The number of thiophene rings is 1. The Hall–Kier alpha value is -2.80. The number of benzene rings is 1. The van der Waals surface area contributed by atoms with Crippen LogP contribution in [0.15, 0.2) is 26.9 Å². The molecule has 3 rings (SSSR count). The predicted octanol–water partition coefficient (Wildman–Crippen LogP) is 3.41. The summed E-state index contributed by atoms with van der Waals surface area (Å²) in [6.45, 7) is 1.66. The van der Waals surface area contributed by atoms with Crippen molar-refractivity contribution in [2.45, 2.75) is 24.8 Å². The number of hydrogen-bond donors (Lipinski definition) is 2. The van der Waals surface area contributed by atoms with Gasteiger partial charge in [0.15, 0.2) is 17.3 Å². The Morgan fingerprint density at radius 1 is 1.24 bits per heavy atom. The number of hydrogen-bond acceptors (Lipinski definition) is 10. The van der Waals surface area contributed by atoms with Crippen molar-refractivity contribution >= 4 is 44.6 Å². The van der Waals surface area contributed by atoms with E-state index in [0.29, 0.717) is 28.3 Å². The Balaban J connectivity index is 1.99. The van der Waals surface area contributed by atoms with Crippen molar-refractivity contribution in [3.63, 3.8) is 0 Å². The van der Waals surface area contributed by atoms with Gasteiger partial charge in [0.25, 0.3) is 15.9 Å². The maximum Gasteiger partial charge on any atom is 0.265 e. The number of carbonyl (C=O) groups is 1. The first-order valence-electron chi connectivity index (χ1n) is 9.44. The summed E-state index contributed by atoms with van der Waals surface area (Å²) in [6.07, 6.45) is -0.179. The van der Waals surface area contributed by atoms with E-state index in [1.165, 1.54) is 32.8 Å². The summed E-state index contributed by atoms with van der Waals surface area (Å²) >= 11 is 7.00. The molecule has 10 nitrogen and oxygen atoms in total. The number of sulfonamides is 1. The number of ketones is 1. The number of halogens is 1. The number of rotatable bonds is 10. The summed E-state index contributed by atoms with van der Waals surface area (Å²) < 4.78 is 49.3. The van der Waals surface area contributed by atoms with Crippen LogP contribution >= 0.6 is 22.9 Å². The van der Waals surface area contributed by atoms with Gasteiger partial charge >= 0.3 is 0 Å². The lowest BCUT2D eigenvalue weighted by atomic mass is 9.99. The van der Waals surface area contributed by atoms with Gasteiger partial charge in [-0.1, -0.05) is 16.8 Å². The predicted molar refractivity (Wildman–Crippen MR) is 123 cm³/mol. The molecule has 0 radical (unpaired) electrons. The highest BCUT2D eigenvalue weighted by atomic mass is 35.5. The highest BCUT2D eigenvalue weighted by Gasteiger charge is 2.29. The monoisotopic (exact) mass is 515 g/mol. The zero-order chi connectivity index (χ0) is 24.3. The van der Waals surface area contributed by atoms with E-state index in [4.69, 9.17) is 36.1 Å². The number of nitrogens with zero attached hydrogens (tertiary/aromatic N) is 1. The van der Waals surface area contributed by atoms with Gasteiger partial charge in [-0.05, 0) is 30.0 Å². The standard InChI is InChI=1S/C20H22ClN3O7S2/c1-10-16(21)20(31-23-10)24-33(26,27)15-5-6-32-19(15)13(25)8-12-11(9-22)7-14(28-2)18(30-4)17(12)29-3/h5-7,24H,8-9,22H2,1-4H3. The second kappa shape index (κ2) is 10.00. The molecule has 0 aliphatic carbocycles. The maximum absolute atomic E-state index is 13.2. The fourth-order valence-corrected chi connectivity index (χ4v) is 5.75. The van der Waals surface area contributed by atoms with Crippen LogP contribution in [-0.4, -0.2) is 40.7 Å². The first-order valence-corrected chi connectivity index (χ1v) is 12.2. The molecule has 0 fully saturated rings. The molecule has 13 heteroatoms. The number of anilines is 1. The van der Waals surface area contributed by atoms with Crippen LogP contribution in [0, 0.1) is 6.92 Å². The van der Waals surface area contributed by atoms with Gasteiger partial charge in [-0.15, -0.1) is 11.3 Å². The van der Waals surface area contributed by atoms with E-state index in [1.54, 1.807) is 13.0 Å². The van der Waals surface area contributed by atoms with Crippen molar-refractivity contribution in [2.75, 3.05) is 26.1 Å². The zero-order valence-corrected chi connectivity index (χ0v) is 20.6. The van der Waals surface area contributed by atoms with Gasteiger partial charge in [0.1, 0.15) is 15.6 Å². The third-order valence-corrected chi connectivity index (χ3v) is 7.68. The van der Waals surface area contributed by atoms with Gasteiger partial charge in [-0.3, -0.25) is 4.79 Å². The lowest BCUT2D eigenvalue weighted by Crippen LogP contribution is -2.17. The SMILES string of the molecule is COc1cc(CN)c(CC(=O)c2sccc2S(=O)(=O)Nc2onc(C)c2Cl)c(OC)c1OC.